The zero-order chi connectivity index (χ0) is 20.5. The number of piperidine rings is 1. The summed E-state index contributed by atoms with van der Waals surface area (Å²) in [7, 11) is 0. The van der Waals surface area contributed by atoms with Crippen LogP contribution in [0, 0.1) is 17.8 Å². The fourth-order valence-electron chi connectivity index (χ4n) is 4.87. The van der Waals surface area contributed by atoms with E-state index in [4.69, 9.17) is 9.47 Å². The Kier molecular flexibility index (Phi) is 5.19. The van der Waals surface area contributed by atoms with Gasteiger partial charge in [0.2, 0.25) is 18.6 Å². The molecule has 158 valence electrons. The van der Waals surface area contributed by atoms with Gasteiger partial charge in [0.25, 0.3) is 0 Å². The Balaban J connectivity index is 1.17. The normalized spacial score (nSPS) is 24.2. The van der Waals surface area contributed by atoms with Crippen molar-refractivity contribution in [2.24, 2.45) is 17.8 Å². The number of hydrogen-bond donors (Lipinski definition) is 1. The lowest BCUT2D eigenvalue weighted by molar-refractivity contribution is -0.134. The van der Waals surface area contributed by atoms with E-state index < -0.39 is 0 Å². The van der Waals surface area contributed by atoms with Gasteiger partial charge in [-0.2, -0.15) is 0 Å². The zero-order valence-corrected chi connectivity index (χ0v) is 17.3. The van der Waals surface area contributed by atoms with Gasteiger partial charge in [-0.25, -0.2) is 9.97 Å². The van der Waals surface area contributed by atoms with Gasteiger partial charge in [0.15, 0.2) is 11.5 Å². The van der Waals surface area contributed by atoms with E-state index in [0.717, 1.165) is 61.8 Å². The summed E-state index contributed by atoms with van der Waals surface area (Å²) in [6.45, 7) is 4.76. The maximum Gasteiger partial charge on any atom is 0.231 e. The van der Waals surface area contributed by atoms with Crippen molar-refractivity contribution in [3.05, 3.63) is 41.7 Å². The summed E-state index contributed by atoms with van der Waals surface area (Å²) in [4.78, 5) is 24.2. The Morgan fingerprint density at radius 2 is 2.03 bits per heavy atom. The van der Waals surface area contributed by atoms with Crippen LogP contribution in [0.15, 0.2) is 30.6 Å². The third-order valence-electron chi connectivity index (χ3n) is 6.63. The average molecular weight is 409 g/mol. The molecular weight excluding hydrogens is 380 g/mol. The van der Waals surface area contributed by atoms with Crippen molar-refractivity contribution in [3.8, 4) is 11.5 Å². The van der Waals surface area contributed by atoms with E-state index >= 15 is 0 Å². The van der Waals surface area contributed by atoms with Crippen molar-refractivity contribution in [3.63, 3.8) is 0 Å². The number of anilines is 1. The summed E-state index contributed by atoms with van der Waals surface area (Å²) in [5, 5.41) is 3.12. The first-order valence-electron chi connectivity index (χ1n) is 10.9. The van der Waals surface area contributed by atoms with Gasteiger partial charge in [-0.15, -0.1) is 0 Å². The van der Waals surface area contributed by atoms with Crippen LogP contribution in [-0.4, -0.2) is 35.8 Å². The molecule has 3 heterocycles. The fraction of sp³-hybridized carbons (Fsp3) is 0.522. The number of carbonyl (C=O) groups excluding carboxylic acids is 1. The summed E-state index contributed by atoms with van der Waals surface area (Å²) >= 11 is 0. The van der Waals surface area contributed by atoms with Gasteiger partial charge in [-0.1, -0.05) is 19.4 Å². The van der Waals surface area contributed by atoms with Gasteiger partial charge in [0, 0.05) is 37.9 Å². The van der Waals surface area contributed by atoms with Gasteiger partial charge >= 0.3 is 0 Å². The molecule has 1 saturated carbocycles. The minimum absolute atomic E-state index is 0.0752. The largest absolute Gasteiger partial charge is 0.454 e. The number of rotatable bonds is 6. The molecule has 0 spiro atoms. The van der Waals surface area contributed by atoms with Crippen LogP contribution >= 0.6 is 0 Å². The SMILES string of the molecule is CCCc1cnc(N2CC[C@@H]3C[C@@H](C(=O)NCc4ccc5c(c4)OCO5)[C@@H]3C2)nc1. The van der Waals surface area contributed by atoms with Crippen LogP contribution < -0.4 is 19.7 Å². The number of hydrogen-bond acceptors (Lipinski definition) is 6. The molecule has 1 aliphatic carbocycles. The molecule has 2 aromatic rings. The van der Waals surface area contributed by atoms with Crippen LogP contribution in [0.5, 0.6) is 11.5 Å². The highest BCUT2D eigenvalue weighted by atomic mass is 16.7. The number of nitrogens with zero attached hydrogens (tertiary/aromatic N) is 3. The first-order chi connectivity index (χ1) is 14.7. The topological polar surface area (TPSA) is 76.6 Å². The molecular formula is C23H28N4O3. The van der Waals surface area contributed by atoms with Crippen LogP contribution in [-0.2, 0) is 17.8 Å². The van der Waals surface area contributed by atoms with Crippen molar-refractivity contribution >= 4 is 11.9 Å². The van der Waals surface area contributed by atoms with Crippen LogP contribution in [0.25, 0.3) is 0 Å². The molecule has 1 aromatic heterocycles. The Labute approximate surface area is 176 Å². The molecule has 3 aliphatic rings. The van der Waals surface area contributed by atoms with E-state index in [1.807, 2.05) is 30.6 Å². The second-order valence-electron chi connectivity index (χ2n) is 8.55. The third kappa shape index (κ3) is 3.68. The predicted molar refractivity (Wildman–Crippen MR) is 112 cm³/mol. The molecule has 3 atom stereocenters. The molecule has 2 aliphatic heterocycles. The van der Waals surface area contributed by atoms with Gasteiger partial charge in [-0.05, 0) is 54.4 Å². The first kappa shape index (κ1) is 19.2. The Bertz CT molecular complexity index is 917. The minimum atomic E-state index is 0.0752. The number of aromatic nitrogens is 2. The molecule has 2 fully saturated rings. The molecule has 1 N–H and O–H groups in total. The van der Waals surface area contributed by atoms with Gasteiger partial charge in [0.05, 0.1) is 0 Å². The number of benzene rings is 1. The van der Waals surface area contributed by atoms with Crippen LogP contribution in [0.3, 0.4) is 0 Å². The van der Waals surface area contributed by atoms with E-state index in [2.05, 4.69) is 27.1 Å². The fourth-order valence-corrected chi connectivity index (χ4v) is 4.87. The molecule has 0 bridgehead atoms. The smallest absolute Gasteiger partial charge is 0.231 e. The number of aryl methyl sites for hydroxylation is 1. The van der Waals surface area contributed by atoms with Gasteiger partial charge in [0.1, 0.15) is 0 Å². The lowest BCUT2D eigenvalue weighted by Crippen LogP contribution is -2.55. The molecule has 7 heteroatoms. The summed E-state index contributed by atoms with van der Waals surface area (Å²) in [5.41, 5.74) is 2.20. The Morgan fingerprint density at radius 3 is 2.87 bits per heavy atom. The maximum absolute atomic E-state index is 12.8. The predicted octanol–water partition coefficient (Wildman–Crippen LogP) is 2.94. The highest BCUT2D eigenvalue weighted by Gasteiger charge is 2.47. The van der Waals surface area contributed by atoms with E-state index in [1.165, 1.54) is 5.56 Å². The summed E-state index contributed by atoms with van der Waals surface area (Å²) < 4.78 is 10.8. The number of amides is 1. The molecule has 1 aromatic carbocycles. The van der Waals surface area contributed by atoms with Crippen molar-refractivity contribution in [1.29, 1.82) is 0 Å². The molecule has 0 unspecified atom stereocenters. The molecule has 30 heavy (non-hydrogen) atoms. The molecule has 1 amide bonds. The lowest BCUT2D eigenvalue weighted by atomic mass is 9.61. The standard InChI is InChI=1S/C23H28N4O3/c1-2-3-16-11-25-23(26-12-16)27-7-6-17-9-18(19(17)13-27)22(28)24-10-15-4-5-20-21(8-15)30-14-29-20/h4-5,8,11-12,17-19H,2-3,6-7,9-10,13-14H2,1H3,(H,24,28)/t17-,18-,19-/m1/s1. The third-order valence-corrected chi connectivity index (χ3v) is 6.63. The lowest BCUT2D eigenvalue weighted by Gasteiger charge is -2.50. The molecule has 5 rings (SSSR count). The van der Waals surface area contributed by atoms with Crippen molar-refractivity contribution in [2.75, 3.05) is 24.8 Å². The van der Waals surface area contributed by atoms with Crippen molar-refractivity contribution in [2.45, 2.75) is 39.2 Å². The highest BCUT2D eigenvalue weighted by molar-refractivity contribution is 5.80. The van der Waals surface area contributed by atoms with E-state index in [-0.39, 0.29) is 18.6 Å². The van der Waals surface area contributed by atoms with Crippen LogP contribution in [0.4, 0.5) is 5.95 Å². The Morgan fingerprint density at radius 1 is 1.20 bits per heavy atom. The second kappa shape index (κ2) is 8.13. The minimum Gasteiger partial charge on any atom is -0.454 e. The number of nitrogens with one attached hydrogen (secondary N) is 1. The zero-order valence-electron chi connectivity index (χ0n) is 17.3. The van der Waals surface area contributed by atoms with Crippen LogP contribution in [0.2, 0.25) is 0 Å². The van der Waals surface area contributed by atoms with Crippen LogP contribution in [0.1, 0.15) is 37.3 Å². The first-order valence-corrected chi connectivity index (χ1v) is 10.9. The van der Waals surface area contributed by atoms with E-state index in [0.29, 0.717) is 18.4 Å². The average Bonchev–Trinajstić information content (AvgIpc) is 3.22. The summed E-state index contributed by atoms with van der Waals surface area (Å²) in [5.74, 6) is 3.55. The molecule has 1 saturated heterocycles. The molecule has 7 nitrogen and oxygen atoms in total. The molecule has 0 radical (unpaired) electrons. The van der Waals surface area contributed by atoms with Crippen molar-refractivity contribution < 1.29 is 14.3 Å². The number of ether oxygens (including phenoxy) is 2. The maximum atomic E-state index is 12.8. The summed E-state index contributed by atoms with van der Waals surface area (Å²) in [6, 6.07) is 5.81. The van der Waals surface area contributed by atoms with E-state index in [1.54, 1.807) is 0 Å². The Hall–Kier alpha value is -2.83. The summed E-state index contributed by atoms with van der Waals surface area (Å²) in [6.07, 6.45) is 8.08. The van der Waals surface area contributed by atoms with Crippen molar-refractivity contribution in [1.82, 2.24) is 15.3 Å². The van der Waals surface area contributed by atoms with Gasteiger partial charge in [-0.3, -0.25) is 4.79 Å². The van der Waals surface area contributed by atoms with Gasteiger partial charge < -0.3 is 19.7 Å². The second-order valence-corrected chi connectivity index (χ2v) is 8.55. The number of fused-ring (bicyclic) bond motifs is 2. The van der Waals surface area contributed by atoms with E-state index in [9.17, 15) is 4.79 Å². The number of carbonyl (C=O) groups is 1. The highest BCUT2D eigenvalue weighted by Crippen LogP contribution is 2.46. The quantitative estimate of drug-likeness (QED) is 0.792. The monoisotopic (exact) mass is 408 g/mol.